The monoisotopic (exact) mass is 367 g/mol. The van der Waals surface area contributed by atoms with E-state index in [1.54, 1.807) is 18.2 Å². The predicted octanol–water partition coefficient (Wildman–Crippen LogP) is 3.36. The summed E-state index contributed by atoms with van der Waals surface area (Å²) in [4.78, 5) is 16.4. The number of nitrogens with one attached hydrogen (secondary N) is 2. The molecular formula is C16H10BrN5O. The number of aromatic nitrogens is 3. The molecule has 0 bridgehead atoms. The number of carbonyl (C=O) groups excluding carboxylic acids is 1. The van der Waals surface area contributed by atoms with E-state index in [2.05, 4.69) is 36.4 Å². The Hall–Kier alpha value is -2.98. The summed E-state index contributed by atoms with van der Waals surface area (Å²) >= 11 is 3.39. The van der Waals surface area contributed by atoms with Gasteiger partial charge in [-0.25, -0.2) is 0 Å². The third-order valence-corrected chi connectivity index (χ3v) is 3.56. The maximum atomic E-state index is 12.2. The van der Waals surface area contributed by atoms with Crippen molar-refractivity contribution in [2.45, 2.75) is 0 Å². The number of benzene rings is 2. The summed E-state index contributed by atoms with van der Waals surface area (Å²) < 4.78 is 0.922. The number of hydrogen-bond donors (Lipinski definition) is 2. The number of nitrogens with zero attached hydrogens (tertiary/aromatic N) is 3. The number of aromatic amines is 1. The second kappa shape index (κ2) is 6.42. The third-order valence-electron chi connectivity index (χ3n) is 3.06. The summed E-state index contributed by atoms with van der Waals surface area (Å²) in [6.07, 6.45) is 0. The van der Waals surface area contributed by atoms with E-state index in [0.717, 1.165) is 10.0 Å². The molecule has 112 valence electrons. The first-order chi connectivity index (χ1) is 11.2. The molecule has 3 rings (SSSR count). The number of amides is 1. The number of H-pyrrole nitrogens is 1. The Balaban J connectivity index is 1.79. The molecular weight excluding hydrogens is 358 g/mol. The summed E-state index contributed by atoms with van der Waals surface area (Å²) in [5.74, 6) is 0.349. The van der Waals surface area contributed by atoms with Crippen LogP contribution in [-0.2, 0) is 0 Å². The van der Waals surface area contributed by atoms with Crippen molar-refractivity contribution in [3.8, 4) is 17.5 Å². The van der Waals surface area contributed by atoms with Gasteiger partial charge in [0.05, 0.1) is 11.6 Å². The van der Waals surface area contributed by atoms with Gasteiger partial charge in [0.2, 0.25) is 5.95 Å². The zero-order valence-corrected chi connectivity index (χ0v) is 13.3. The minimum atomic E-state index is -0.373. The fraction of sp³-hybridized carbons (Fsp3) is 0. The Labute approximate surface area is 140 Å². The van der Waals surface area contributed by atoms with Crippen molar-refractivity contribution in [2.24, 2.45) is 0 Å². The molecule has 6 nitrogen and oxygen atoms in total. The van der Waals surface area contributed by atoms with E-state index >= 15 is 0 Å². The average molecular weight is 368 g/mol. The van der Waals surface area contributed by atoms with E-state index < -0.39 is 0 Å². The first kappa shape index (κ1) is 14.9. The normalized spacial score (nSPS) is 10.1. The van der Waals surface area contributed by atoms with Crippen LogP contribution in [0, 0.1) is 11.3 Å². The van der Waals surface area contributed by atoms with Crippen molar-refractivity contribution >= 4 is 27.8 Å². The van der Waals surface area contributed by atoms with Crippen LogP contribution in [0.4, 0.5) is 5.95 Å². The van der Waals surface area contributed by atoms with Gasteiger partial charge in [0.25, 0.3) is 5.91 Å². The van der Waals surface area contributed by atoms with E-state index in [4.69, 9.17) is 5.26 Å². The maximum Gasteiger partial charge on any atom is 0.258 e. The number of halogens is 1. The van der Waals surface area contributed by atoms with Crippen LogP contribution in [0.1, 0.15) is 15.9 Å². The van der Waals surface area contributed by atoms with Crippen LogP contribution in [0.15, 0.2) is 53.0 Å². The standard InChI is InChI=1S/C16H10BrN5O/c17-13-6-2-4-11(8-13)14-19-16(22-21-14)20-15(23)12-5-1-3-10(7-12)9-18/h1-8H,(H2,19,20,21,22,23). The largest absolute Gasteiger partial charge is 0.289 e. The molecule has 0 saturated carbocycles. The van der Waals surface area contributed by atoms with E-state index in [1.807, 2.05) is 30.3 Å². The Morgan fingerprint density at radius 1 is 1.22 bits per heavy atom. The van der Waals surface area contributed by atoms with E-state index in [1.165, 1.54) is 6.07 Å². The van der Waals surface area contributed by atoms with Crippen LogP contribution in [-0.4, -0.2) is 21.1 Å². The van der Waals surface area contributed by atoms with Crippen LogP contribution in [0.5, 0.6) is 0 Å². The van der Waals surface area contributed by atoms with Crippen LogP contribution in [0.2, 0.25) is 0 Å². The van der Waals surface area contributed by atoms with Gasteiger partial charge in [0.1, 0.15) is 0 Å². The molecule has 1 heterocycles. The number of nitriles is 1. The van der Waals surface area contributed by atoms with Crippen LogP contribution in [0.25, 0.3) is 11.4 Å². The van der Waals surface area contributed by atoms with Gasteiger partial charge in [-0.05, 0) is 30.3 Å². The predicted molar refractivity (Wildman–Crippen MR) is 88.6 cm³/mol. The average Bonchev–Trinajstić information content (AvgIpc) is 3.03. The molecule has 3 aromatic rings. The number of rotatable bonds is 3. The molecule has 1 amide bonds. The molecule has 0 saturated heterocycles. The molecule has 0 radical (unpaired) electrons. The Kier molecular flexibility index (Phi) is 4.17. The minimum Gasteiger partial charge on any atom is -0.289 e. The van der Waals surface area contributed by atoms with Gasteiger partial charge in [0.15, 0.2) is 5.82 Å². The molecule has 0 aliphatic rings. The number of carbonyl (C=O) groups is 1. The molecule has 1 aromatic heterocycles. The van der Waals surface area contributed by atoms with Gasteiger partial charge in [0, 0.05) is 15.6 Å². The quantitative estimate of drug-likeness (QED) is 0.741. The van der Waals surface area contributed by atoms with Crippen molar-refractivity contribution in [3.63, 3.8) is 0 Å². The lowest BCUT2D eigenvalue weighted by Gasteiger charge is -2.01. The summed E-state index contributed by atoms with van der Waals surface area (Å²) in [5.41, 5.74) is 1.64. The molecule has 0 atom stereocenters. The van der Waals surface area contributed by atoms with Gasteiger partial charge in [-0.2, -0.15) is 10.2 Å². The Bertz CT molecular complexity index is 913. The topological polar surface area (TPSA) is 94.5 Å². The molecule has 2 N–H and O–H groups in total. The molecule has 2 aromatic carbocycles. The zero-order chi connectivity index (χ0) is 16.2. The van der Waals surface area contributed by atoms with Gasteiger partial charge >= 0.3 is 0 Å². The van der Waals surface area contributed by atoms with Crippen molar-refractivity contribution in [1.29, 1.82) is 5.26 Å². The lowest BCUT2D eigenvalue weighted by atomic mass is 10.1. The second-order valence-electron chi connectivity index (χ2n) is 4.66. The molecule has 0 aliphatic carbocycles. The lowest BCUT2D eigenvalue weighted by Crippen LogP contribution is -2.13. The van der Waals surface area contributed by atoms with E-state index in [0.29, 0.717) is 17.0 Å². The first-order valence-electron chi connectivity index (χ1n) is 6.65. The number of hydrogen-bond acceptors (Lipinski definition) is 4. The van der Waals surface area contributed by atoms with Crippen LogP contribution >= 0.6 is 15.9 Å². The SMILES string of the molecule is N#Cc1cccc(C(=O)Nc2n[nH]c(-c3cccc(Br)c3)n2)c1. The second-order valence-corrected chi connectivity index (χ2v) is 5.58. The highest BCUT2D eigenvalue weighted by molar-refractivity contribution is 9.10. The highest BCUT2D eigenvalue weighted by atomic mass is 79.9. The number of anilines is 1. The van der Waals surface area contributed by atoms with E-state index in [-0.39, 0.29) is 11.9 Å². The fourth-order valence-electron chi connectivity index (χ4n) is 1.99. The summed E-state index contributed by atoms with van der Waals surface area (Å²) in [7, 11) is 0. The van der Waals surface area contributed by atoms with Crippen molar-refractivity contribution in [1.82, 2.24) is 15.2 Å². The maximum absolute atomic E-state index is 12.2. The van der Waals surface area contributed by atoms with Gasteiger partial charge in [-0.1, -0.05) is 34.1 Å². The molecule has 7 heteroatoms. The fourth-order valence-corrected chi connectivity index (χ4v) is 2.39. The summed E-state index contributed by atoms with van der Waals surface area (Å²) in [6.45, 7) is 0. The zero-order valence-electron chi connectivity index (χ0n) is 11.7. The molecule has 0 fully saturated rings. The molecule has 0 aliphatic heterocycles. The minimum absolute atomic E-state index is 0.173. The van der Waals surface area contributed by atoms with Crippen LogP contribution < -0.4 is 5.32 Å². The van der Waals surface area contributed by atoms with Crippen molar-refractivity contribution < 1.29 is 4.79 Å². The van der Waals surface area contributed by atoms with Gasteiger partial charge < -0.3 is 0 Å². The van der Waals surface area contributed by atoms with E-state index in [9.17, 15) is 4.79 Å². The Morgan fingerprint density at radius 2 is 2.04 bits per heavy atom. The smallest absolute Gasteiger partial charge is 0.258 e. The van der Waals surface area contributed by atoms with Crippen molar-refractivity contribution in [2.75, 3.05) is 5.32 Å². The molecule has 0 unspecified atom stereocenters. The van der Waals surface area contributed by atoms with Crippen molar-refractivity contribution in [3.05, 3.63) is 64.1 Å². The highest BCUT2D eigenvalue weighted by Crippen LogP contribution is 2.20. The molecule has 23 heavy (non-hydrogen) atoms. The summed E-state index contributed by atoms with van der Waals surface area (Å²) in [5, 5.41) is 18.2. The van der Waals surface area contributed by atoms with Crippen LogP contribution in [0.3, 0.4) is 0 Å². The first-order valence-corrected chi connectivity index (χ1v) is 7.45. The molecule has 0 spiro atoms. The Morgan fingerprint density at radius 3 is 2.83 bits per heavy atom. The highest BCUT2D eigenvalue weighted by Gasteiger charge is 2.11. The van der Waals surface area contributed by atoms with Gasteiger partial charge in [-0.3, -0.25) is 15.2 Å². The lowest BCUT2D eigenvalue weighted by molar-refractivity contribution is 0.102. The summed E-state index contributed by atoms with van der Waals surface area (Å²) in [6, 6.07) is 16.0. The third kappa shape index (κ3) is 3.44. The van der Waals surface area contributed by atoms with Gasteiger partial charge in [-0.15, -0.1) is 5.10 Å².